The number of nitrogens with one attached hydrogen (secondary N) is 1. The second-order valence-corrected chi connectivity index (χ2v) is 8.98. The zero-order valence-corrected chi connectivity index (χ0v) is 14.0. The predicted octanol–water partition coefficient (Wildman–Crippen LogP) is 2.87. The van der Waals surface area contributed by atoms with Gasteiger partial charge in [0.25, 0.3) is 0 Å². The summed E-state index contributed by atoms with van der Waals surface area (Å²) in [7, 11) is -2.89. The molecule has 20 heavy (non-hydrogen) atoms. The van der Waals surface area contributed by atoms with E-state index in [1.54, 1.807) is 11.3 Å². The summed E-state index contributed by atoms with van der Waals surface area (Å²) >= 11 is 1.73. The average molecular weight is 316 g/mol. The van der Waals surface area contributed by atoms with Gasteiger partial charge in [0.1, 0.15) is 9.84 Å². The molecule has 3 unspecified atom stereocenters. The highest BCUT2D eigenvalue weighted by molar-refractivity contribution is 7.91. The Morgan fingerprint density at radius 2 is 2.25 bits per heavy atom. The molecule has 1 N–H and O–H groups in total. The average Bonchev–Trinajstić information content (AvgIpc) is 2.90. The molecule has 114 valence electrons. The third-order valence-electron chi connectivity index (χ3n) is 4.34. The maximum absolute atomic E-state index is 11.8. The zero-order chi connectivity index (χ0) is 14.6. The fraction of sp³-hybridized carbons (Fsp3) is 0.733. The van der Waals surface area contributed by atoms with Gasteiger partial charge in [0.05, 0.1) is 5.25 Å². The SMILES string of the molecule is CCNC(Cc1ccsc1)C1CCCC(S(C)(=O)=O)C1. The van der Waals surface area contributed by atoms with E-state index >= 15 is 0 Å². The Bertz CT molecular complexity index is 496. The van der Waals surface area contributed by atoms with E-state index in [0.717, 1.165) is 38.6 Å². The first-order chi connectivity index (χ1) is 9.50. The molecule has 0 bridgehead atoms. The van der Waals surface area contributed by atoms with Gasteiger partial charge in [-0.1, -0.05) is 13.3 Å². The van der Waals surface area contributed by atoms with Gasteiger partial charge in [-0.25, -0.2) is 8.42 Å². The van der Waals surface area contributed by atoms with Crippen molar-refractivity contribution in [2.75, 3.05) is 12.8 Å². The lowest BCUT2D eigenvalue weighted by atomic mass is 9.81. The first-order valence-electron chi connectivity index (χ1n) is 7.44. The molecule has 1 heterocycles. The summed E-state index contributed by atoms with van der Waals surface area (Å²) in [5.74, 6) is 0.475. The Morgan fingerprint density at radius 1 is 1.45 bits per heavy atom. The van der Waals surface area contributed by atoms with Crippen LogP contribution in [0.1, 0.15) is 38.2 Å². The largest absolute Gasteiger partial charge is 0.314 e. The maximum atomic E-state index is 11.8. The molecule has 0 amide bonds. The highest BCUT2D eigenvalue weighted by Gasteiger charge is 2.32. The first-order valence-corrected chi connectivity index (χ1v) is 10.3. The maximum Gasteiger partial charge on any atom is 0.150 e. The molecule has 1 aliphatic carbocycles. The number of hydrogen-bond acceptors (Lipinski definition) is 4. The van der Waals surface area contributed by atoms with Crippen LogP contribution in [0.4, 0.5) is 0 Å². The highest BCUT2D eigenvalue weighted by Crippen LogP contribution is 2.32. The van der Waals surface area contributed by atoms with Crippen molar-refractivity contribution in [1.29, 1.82) is 0 Å². The highest BCUT2D eigenvalue weighted by atomic mass is 32.2. The van der Waals surface area contributed by atoms with Crippen molar-refractivity contribution in [3.05, 3.63) is 22.4 Å². The standard InChI is InChI=1S/C15H25NO2S2/c1-3-16-15(9-12-7-8-19-11-12)13-5-4-6-14(10-13)20(2,17)18/h7-8,11,13-16H,3-6,9-10H2,1-2H3. The fourth-order valence-corrected chi connectivity index (χ4v) is 5.14. The zero-order valence-electron chi connectivity index (χ0n) is 12.3. The van der Waals surface area contributed by atoms with Crippen LogP contribution in [0.2, 0.25) is 0 Å². The van der Waals surface area contributed by atoms with E-state index in [4.69, 9.17) is 0 Å². The second-order valence-electron chi connectivity index (χ2n) is 5.88. The van der Waals surface area contributed by atoms with Gasteiger partial charge in [-0.2, -0.15) is 11.3 Å². The minimum Gasteiger partial charge on any atom is -0.314 e. The lowest BCUT2D eigenvalue weighted by molar-refractivity contribution is 0.271. The van der Waals surface area contributed by atoms with E-state index in [-0.39, 0.29) is 5.25 Å². The van der Waals surface area contributed by atoms with Crippen LogP contribution in [0.15, 0.2) is 16.8 Å². The molecule has 1 aromatic heterocycles. The van der Waals surface area contributed by atoms with Crippen molar-refractivity contribution in [3.8, 4) is 0 Å². The molecule has 0 spiro atoms. The number of likely N-dealkylation sites (N-methyl/N-ethyl adjacent to an activating group) is 1. The van der Waals surface area contributed by atoms with Crippen LogP contribution in [-0.2, 0) is 16.3 Å². The Kier molecular flexibility index (Phi) is 5.64. The molecule has 2 rings (SSSR count). The van der Waals surface area contributed by atoms with Crippen LogP contribution < -0.4 is 5.32 Å². The Labute approximate surface area is 126 Å². The summed E-state index contributed by atoms with van der Waals surface area (Å²) in [5, 5.41) is 7.74. The van der Waals surface area contributed by atoms with Crippen molar-refractivity contribution in [3.63, 3.8) is 0 Å². The monoisotopic (exact) mass is 315 g/mol. The molecule has 3 atom stereocenters. The first kappa shape index (κ1) is 16.0. The van der Waals surface area contributed by atoms with E-state index in [9.17, 15) is 8.42 Å². The van der Waals surface area contributed by atoms with Crippen molar-refractivity contribution >= 4 is 21.2 Å². The number of sulfone groups is 1. The number of hydrogen-bond donors (Lipinski definition) is 1. The van der Waals surface area contributed by atoms with Gasteiger partial charge in [-0.05, 0) is 60.5 Å². The summed E-state index contributed by atoms with van der Waals surface area (Å²) < 4.78 is 23.6. The molecule has 1 saturated carbocycles. The summed E-state index contributed by atoms with van der Waals surface area (Å²) in [6, 6.07) is 2.57. The molecule has 1 aliphatic rings. The Morgan fingerprint density at radius 3 is 2.85 bits per heavy atom. The Balaban J connectivity index is 2.04. The van der Waals surface area contributed by atoms with E-state index in [2.05, 4.69) is 29.1 Å². The van der Waals surface area contributed by atoms with E-state index in [1.165, 1.54) is 11.8 Å². The normalized spacial score (nSPS) is 25.5. The molecule has 0 saturated heterocycles. The molecule has 1 fully saturated rings. The molecule has 3 nitrogen and oxygen atoms in total. The van der Waals surface area contributed by atoms with E-state index in [0.29, 0.717) is 12.0 Å². The summed E-state index contributed by atoms with van der Waals surface area (Å²) in [4.78, 5) is 0. The third kappa shape index (κ3) is 4.30. The minimum absolute atomic E-state index is 0.134. The van der Waals surface area contributed by atoms with Crippen LogP contribution in [0, 0.1) is 5.92 Å². The van der Waals surface area contributed by atoms with E-state index < -0.39 is 9.84 Å². The van der Waals surface area contributed by atoms with Gasteiger partial charge in [-0.15, -0.1) is 0 Å². The van der Waals surface area contributed by atoms with Gasteiger partial charge in [0.15, 0.2) is 0 Å². The Hall–Kier alpha value is -0.390. The van der Waals surface area contributed by atoms with Crippen LogP contribution in [-0.4, -0.2) is 32.5 Å². The van der Waals surface area contributed by atoms with Crippen LogP contribution in [0.5, 0.6) is 0 Å². The van der Waals surface area contributed by atoms with Crippen molar-refractivity contribution in [2.24, 2.45) is 5.92 Å². The summed E-state index contributed by atoms with van der Waals surface area (Å²) in [5.41, 5.74) is 1.36. The van der Waals surface area contributed by atoms with Crippen LogP contribution in [0.3, 0.4) is 0 Å². The third-order valence-corrected chi connectivity index (χ3v) is 6.71. The summed E-state index contributed by atoms with van der Waals surface area (Å²) in [6.45, 7) is 3.06. The van der Waals surface area contributed by atoms with Gasteiger partial charge in [0, 0.05) is 12.3 Å². The minimum atomic E-state index is -2.89. The van der Waals surface area contributed by atoms with Gasteiger partial charge in [-0.3, -0.25) is 0 Å². The van der Waals surface area contributed by atoms with E-state index in [1.807, 2.05) is 0 Å². The fourth-order valence-electron chi connectivity index (χ4n) is 3.27. The van der Waals surface area contributed by atoms with Crippen LogP contribution >= 0.6 is 11.3 Å². The van der Waals surface area contributed by atoms with Gasteiger partial charge in [0.2, 0.25) is 0 Å². The van der Waals surface area contributed by atoms with Crippen molar-refractivity contribution in [2.45, 2.75) is 50.3 Å². The van der Waals surface area contributed by atoms with Crippen molar-refractivity contribution < 1.29 is 8.42 Å². The quantitative estimate of drug-likeness (QED) is 0.878. The molecule has 5 heteroatoms. The number of thiophene rings is 1. The van der Waals surface area contributed by atoms with Gasteiger partial charge < -0.3 is 5.32 Å². The smallest absolute Gasteiger partial charge is 0.150 e. The van der Waals surface area contributed by atoms with Crippen LogP contribution in [0.25, 0.3) is 0 Å². The summed E-state index contributed by atoms with van der Waals surface area (Å²) in [6.07, 6.45) is 6.24. The molecular formula is C15H25NO2S2. The number of rotatable bonds is 6. The van der Waals surface area contributed by atoms with Crippen molar-refractivity contribution in [1.82, 2.24) is 5.32 Å². The predicted molar refractivity (Wildman–Crippen MR) is 86.1 cm³/mol. The lowest BCUT2D eigenvalue weighted by Gasteiger charge is -2.34. The molecule has 0 radical (unpaired) electrons. The topological polar surface area (TPSA) is 46.2 Å². The molecule has 1 aromatic rings. The van der Waals surface area contributed by atoms with Gasteiger partial charge >= 0.3 is 0 Å². The second kappa shape index (κ2) is 7.05. The molecule has 0 aliphatic heterocycles. The molecule has 0 aromatic carbocycles. The molecular weight excluding hydrogens is 290 g/mol. The lowest BCUT2D eigenvalue weighted by Crippen LogP contribution is -2.42.